The van der Waals surface area contributed by atoms with Crippen molar-refractivity contribution in [3.63, 3.8) is 0 Å². The number of thiophene rings is 1. The third-order valence-corrected chi connectivity index (χ3v) is 5.59. The van der Waals surface area contributed by atoms with Gasteiger partial charge < -0.3 is 5.11 Å². The topological polar surface area (TPSA) is 40.5 Å². The standard InChI is InChI=1S/C21H15NO2S2/c23-19(18-12-7-13-26-18)17-14-21(24,15-8-3-1-4-9-15)22(20(17)25)16-10-5-2-6-11-16/h1-14,24H. The number of benzene rings is 2. The number of rotatable bonds is 4. The molecule has 128 valence electrons. The van der Waals surface area contributed by atoms with Crippen molar-refractivity contribution in [3.8, 4) is 0 Å². The van der Waals surface area contributed by atoms with Gasteiger partial charge in [-0.2, -0.15) is 0 Å². The Morgan fingerprint density at radius 3 is 2.23 bits per heavy atom. The fourth-order valence-corrected chi connectivity index (χ4v) is 4.17. The lowest BCUT2D eigenvalue weighted by atomic mass is 10.0. The van der Waals surface area contributed by atoms with Crippen LogP contribution in [0.4, 0.5) is 5.69 Å². The number of hydrogen-bond donors (Lipinski definition) is 1. The minimum absolute atomic E-state index is 0.169. The van der Waals surface area contributed by atoms with Gasteiger partial charge in [0.05, 0.1) is 10.5 Å². The number of ketones is 1. The highest BCUT2D eigenvalue weighted by atomic mass is 32.1. The molecule has 3 aromatic rings. The highest BCUT2D eigenvalue weighted by molar-refractivity contribution is 7.81. The molecule has 1 unspecified atom stereocenters. The molecule has 1 aliphatic rings. The molecular weight excluding hydrogens is 362 g/mol. The lowest BCUT2D eigenvalue weighted by Gasteiger charge is -2.35. The zero-order valence-corrected chi connectivity index (χ0v) is 15.3. The summed E-state index contributed by atoms with van der Waals surface area (Å²) in [7, 11) is 0. The van der Waals surface area contributed by atoms with E-state index >= 15 is 0 Å². The highest BCUT2D eigenvalue weighted by Gasteiger charge is 2.45. The van der Waals surface area contributed by atoms with Crippen LogP contribution in [0.5, 0.6) is 0 Å². The summed E-state index contributed by atoms with van der Waals surface area (Å²) in [5.41, 5.74) is 0.217. The van der Waals surface area contributed by atoms with Crippen LogP contribution in [-0.2, 0) is 5.72 Å². The molecular formula is C21H15NO2S2. The third-order valence-electron chi connectivity index (χ3n) is 4.32. The summed E-state index contributed by atoms with van der Waals surface area (Å²) in [4.78, 5) is 15.5. The summed E-state index contributed by atoms with van der Waals surface area (Å²) < 4.78 is 0. The van der Waals surface area contributed by atoms with E-state index in [9.17, 15) is 9.90 Å². The summed E-state index contributed by atoms with van der Waals surface area (Å²) in [6.45, 7) is 0. The Morgan fingerprint density at radius 2 is 1.62 bits per heavy atom. The average Bonchev–Trinajstić information content (AvgIpc) is 3.30. The van der Waals surface area contributed by atoms with Gasteiger partial charge in [-0.05, 0) is 29.7 Å². The Bertz CT molecular complexity index is 981. The van der Waals surface area contributed by atoms with E-state index in [0.717, 1.165) is 5.69 Å². The number of para-hydroxylation sites is 1. The first kappa shape index (κ1) is 16.8. The number of carbonyl (C=O) groups excluding carboxylic acids is 1. The highest BCUT2D eigenvalue weighted by Crippen LogP contribution is 2.40. The minimum Gasteiger partial charge on any atom is -0.363 e. The maximum absolute atomic E-state index is 12.9. The number of aliphatic hydroxyl groups is 1. The molecule has 0 fully saturated rings. The van der Waals surface area contributed by atoms with Crippen LogP contribution in [0.3, 0.4) is 0 Å². The molecule has 3 nitrogen and oxygen atoms in total. The molecule has 1 aromatic heterocycles. The monoisotopic (exact) mass is 377 g/mol. The van der Waals surface area contributed by atoms with Crippen molar-refractivity contribution in [3.05, 3.63) is 100 Å². The summed E-state index contributed by atoms with van der Waals surface area (Å²) in [5.74, 6) is -0.169. The maximum atomic E-state index is 12.9. The fourth-order valence-electron chi connectivity index (χ4n) is 3.09. The average molecular weight is 377 g/mol. The van der Waals surface area contributed by atoms with Crippen molar-refractivity contribution in [2.75, 3.05) is 4.90 Å². The fraction of sp³-hybridized carbons (Fsp3) is 0.0476. The van der Waals surface area contributed by atoms with Gasteiger partial charge in [0.15, 0.2) is 5.72 Å². The van der Waals surface area contributed by atoms with Crippen molar-refractivity contribution in [2.24, 2.45) is 0 Å². The molecule has 0 radical (unpaired) electrons. The van der Waals surface area contributed by atoms with Gasteiger partial charge in [-0.3, -0.25) is 9.69 Å². The smallest absolute Gasteiger partial charge is 0.205 e. The van der Waals surface area contributed by atoms with Gasteiger partial charge in [0.1, 0.15) is 4.99 Å². The number of Topliss-reactive ketones (excluding diaryl/α,β-unsaturated/α-hetero) is 1. The molecule has 0 spiro atoms. The molecule has 1 aliphatic heterocycles. The van der Waals surface area contributed by atoms with E-state index in [4.69, 9.17) is 12.2 Å². The van der Waals surface area contributed by atoms with Crippen LogP contribution in [0.2, 0.25) is 0 Å². The van der Waals surface area contributed by atoms with Crippen molar-refractivity contribution in [2.45, 2.75) is 5.72 Å². The van der Waals surface area contributed by atoms with Gasteiger partial charge >= 0.3 is 0 Å². The summed E-state index contributed by atoms with van der Waals surface area (Å²) in [5, 5.41) is 13.4. The van der Waals surface area contributed by atoms with Gasteiger partial charge in [0, 0.05) is 11.3 Å². The predicted molar refractivity (Wildman–Crippen MR) is 109 cm³/mol. The Morgan fingerprint density at radius 1 is 0.962 bits per heavy atom. The van der Waals surface area contributed by atoms with Crippen LogP contribution in [-0.4, -0.2) is 15.9 Å². The second-order valence-corrected chi connectivity index (χ2v) is 7.27. The zero-order chi connectivity index (χ0) is 18.1. The normalized spacial score (nSPS) is 19.5. The molecule has 2 heterocycles. The van der Waals surface area contributed by atoms with Gasteiger partial charge in [-0.15, -0.1) is 11.3 Å². The molecule has 2 aromatic carbocycles. The van der Waals surface area contributed by atoms with E-state index in [1.807, 2.05) is 72.1 Å². The van der Waals surface area contributed by atoms with E-state index in [0.29, 0.717) is 21.0 Å². The molecule has 0 bridgehead atoms. The molecule has 0 saturated carbocycles. The van der Waals surface area contributed by atoms with Crippen molar-refractivity contribution in [1.82, 2.24) is 0 Å². The molecule has 5 heteroatoms. The van der Waals surface area contributed by atoms with E-state index in [1.54, 1.807) is 17.0 Å². The Balaban J connectivity index is 1.87. The summed E-state index contributed by atoms with van der Waals surface area (Å²) in [6, 6.07) is 22.2. The van der Waals surface area contributed by atoms with Crippen LogP contribution >= 0.6 is 23.6 Å². The second-order valence-electron chi connectivity index (χ2n) is 5.93. The molecule has 26 heavy (non-hydrogen) atoms. The molecule has 0 saturated heterocycles. The van der Waals surface area contributed by atoms with Crippen molar-refractivity contribution in [1.29, 1.82) is 0 Å². The van der Waals surface area contributed by atoms with E-state index in [2.05, 4.69) is 0 Å². The van der Waals surface area contributed by atoms with Crippen LogP contribution in [0.1, 0.15) is 15.2 Å². The molecule has 1 N–H and O–H groups in total. The largest absolute Gasteiger partial charge is 0.363 e. The lowest BCUT2D eigenvalue weighted by Crippen LogP contribution is -2.44. The SMILES string of the molecule is O=C(C1=CC(O)(c2ccccc2)N(c2ccccc2)C1=S)c1cccs1. The van der Waals surface area contributed by atoms with Crippen LogP contribution in [0.15, 0.2) is 89.8 Å². The molecule has 1 atom stereocenters. The number of carbonyl (C=O) groups is 1. The quantitative estimate of drug-likeness (QED) is 0.535. The van der Waals surface area contributed by atoms with Crippen LogP contribution in [0, 0.1) is 0 Å². The Labute approximate surface area is 160 Å². The van der Waals surface area contributed by atoms with Gasteiger partial charge in [0.25, 0.3) is 0 Å². The van der Waals surface area contributed by atoms with Crippen LogP contribution < -0.4 is 4.90 Å². The third kappa shape index (κ3) is 2.70. The summed E-state index contributed by atoms with van der Waals surface area (Å²) >= 11 is 6.99. The molecule has 0 amide bonds. The zero-order valence-electron chi connectivity index (χ0n) is 13.7. The molecule has 0 aliphatic carbocycles. The number of thiocarbonyl (C=S) groups is 1. The lowest BCUT2D eigenvalue weighted by molar-refractivity contribution is 0.100. The maximum Gasteiger partial charge on any atom is 0.205 e. The Hall–Kier alpha value is -2.60. The number of hydrogen-bond acceptors (Lipinski definition) is 4. The predicted octanol–water partition coefficient (Wildman–Crippen LogP) is 4.55. The van der Waals surface area contributed by atoms with Crippen LogP contribution in [0.25, 0.3) is 0 Å². The van der Waals surface area contributed by atoms with E-state index in [1.165, 1.54) is 11.3 Å². The van der Waals surface area contributed by atoms with Gasteiger partial charge in [0.2, 0.25) is 5.78 Å². The van der Waals surface area contributed by atoms with Gasteiger partial charge in [-0.25, -0.2) is 0 Å². The number of anilines is 1. The van der Waals surface area contributed by atoms with Crippen molar-refractivity contribution >= 4 is 40.0 Å². The number of nitrogens with zero attached hydrogens (tertiary/aromatic N) is 1. The minimum atomic E-state index is -1.51. The first-order chi connectivity index (χ1) is 12.6. The Kier molecular flexibility index (Phi) is 4.28. The molecule has 4 rings (SSSR count). The summed E-state index contributed by atoms with van der Waals surface area (Å²) in [6.07, 6.45) is 1.57. The first-order valence-corrected chi connectivity index (χ1v) is 9.38. The van der Waals surface area contributed by atoms with E-state index in [-0.39, 0.29) is 5.78 Å². The first-order valence-electron chi connectivity index (χ1n) is 8.10. The second kappa shape index (κ2) is 6.61. The van der Waals surface area contributed by atoms with E-state index < -0.39 is 5.72 Å². The van der Waals surface area contributed by atoms with Crippen molar-refractivity contribution < 1.29 is 9.90 Å². The van der Waals surface area contributed by atoms with Gasteiger partial charge in [-0.1, -0.05) is 66.8 Å².